The van der Waals surface area contributed by atoms with Gasteiger partial charge in [0.1, 0.15) is 28.9 Å². The predicted octanol–water partition coefficient (Wildman–Crippen LogP) is 5.36. The first kappa shape index (κ1) is 27.6. The van der Waals surface area contributed by atoms with Gasteiger partial charge in [-0.15, -0.1) is 16.4 Å². The Hall–Kier alpha value is -3.69. The Kier molecular flexibility index (Phi) is 6.23. The van der Waals surface area contributed by atoms with Crippen LogP contribution in [0.4, 0.5) is 10.8 Å². The Morgan fingerprint density at radius 2 is 1.96 bits per heavy atom. The summed E-state index contributed by atoms with van der Waals surface area (Å²) in [6.07, 6.45) is 11.4. The van der Waals surface area contributed by atoms with E-state index in [9.17, 15) is 5.26 Å². The van der Waals surface area contributed by atoms with Gasteiger partial charge in [0.25, 0.3) is 0 Å². The molecule has 11 nitrogen and oxygen atoms in total. The number of thiophene rings is 1. The second-order valence-corrected chi connectivity index (χ2v) is 14.9. The normalized spacial score (nSPS) is 26.6. The predicted molar refractivity (Wildman–Crippen MR) is 172 cm³/mol. The number of anilines is 2. The number of hydrogen-bond acceptors (Lipinski definition) is 11. The SMILES string of the molecule is CC(C1CCCN1C)n1nc2c3c(nc(-c4noc5c4CCCC54CCCc5sc(N)c(C#N)c54)nc31)N1CCCCC1CO2. The fraction of sp³-hybridized carbons (Fsp3) is 0.606. The number of nitriles is 1. The molecule has 45 heavy (non-hydrogen) atoms. The zero-order valence-electron chi connectivity index (χ0n) is 26.0. The topological polar surface area (TPSA) is 135 Å². The lowest BCUT2D eigenvalue weighted by Crippen LogP contribution is -2.43. The number of likely N-dealkylation sites (N-methyl/N-ethyl adjacent to an activating group) is 1. The lowest BCUT2D eigenvalue weighted by molar-refractivity contribution is 0.222. The van der Waals surface area contributed by atoms with Crippen molar-refractivity contribution in [2.75, 3.05) is 37.4 Å². The van der Waals surface area contributed by atoms with Gasteiger partial charge in [-0.2, -0.15) is 5.26 Å². The summed E-state index contributed by atoms with van der Waals surface area (Å²) in [6, 6.07) is 3.18. The molecule has 0 saturated carbocycles. The molecule has 0 amide bonds. The lowest BCUT2D eigenvalue weighted by Gasteiger charge is -2.39. The summed E-state index contributed by atoms with van der Waals surface area (Å²) in [5.41, 5.74) is 10.3. The minimum absolute atomic E-state index is 0.119. The third-order valence-corrected chi connectivity index (χ3v) is 12.5. The second-order valence-electron chi connectivity index (χ2n) is 13.8. The van der Waals surface area contributed by atoms with E-state index in [1.807, 2.05) is 0 Å². The van der Waals surface area contributed by atoms with Crippen LogP contribution in [0.3, 0.4) is 0 Å². The van der Waals surface area contributed by atoms with Crippen molar-refractivity contribution in [3.8, 4) is 23.5 Å². The molecular weight excluding hydrogens is 586 g/mol. The molecular formula is C33H39N9O2S. The third kappa shape index (κ3) is 3.89. The lowest BCUT2D eigenvalue weighted by atomic mass is 9.63. The van der Waals surface area contributed by atoms with Crippen LogP contribution in [0.15, 0.2) is 4.52 Å². The maximum Gasteiger partial charge on any atom is 0.246 e. The maximum atomic E-state index is 10.1. The summed E-state index contributed by atoms with van der Waals surface area (Å²) in [6.45, 7) is 4.88. The molecule has 1 spiro atoms. The van der Waals surface area contributed by atoms with E-state index in [1.54, 1.807) is 11.3 Å². The quantitative estimate of drug-likeness (QED) is 0.317. The van der Waals surface area contributed by atoms with E-state index in [1.165, 1.54) is 17.7 Å². The molecule has 12 heteroatoms. The summed E-state index contributed by atoms with van der Waals surface area (Å²) in [4.78, 5) is 16.7. The molecule has 234 valence electrons. The minimum Gasteiger partial charge on any atom is -0.474 e. The van der Waals surface area contributed by atoms with Crippen LogP contribution in [0, 0.1) is 11.3 Å². The number of nitrogens with zero attached hydrogens (tertiary/aromatic N) is 8. The maximum absolute atomic E-state index is 10.1. The van der Waals surface area contributed by atoms with Crippen LogP contribution in [0.2, 0.25) is 0 Å². The van der Waals surface area contributed by atoms with Gasteiger partial charge >= 0.3 is 0 Å². The summed E-state index contributed by atoms with van der Waals surface area (Å²) in [7, 11) is 2.21. The van der Waals surface area contributed by atoms with Crippen LogP contribution in [0.1, 0.15) is 98.1 Å². The monoisotopic (exact) mass is 625 g/mol. The molecule has 3 aliphatic heterocycles. The van der Waals surface area contributed by atoms with Crippen LogP contribution < -0.4 is 15.4 Å². The molecule has 2 N–H and O–H groups in total. The van der Waals surface area contributed by atoms with E-state index >= 15 is 0 Å². The average Bonchev–Trinajstić information content (AvgIpc) is 3.82. The van der Waals surface area contributed by atoms with Gasteiger partial charge < -0.3 is 24.8 Å². The second kappa shape index (κ2) is 10.2. The highest BCUT2D eigenvalue weighted by atomic mass is 32.1. The summed E-state index contributed by atoms with van der Waals surface area (Å²) in [5, 5.41) is 21.5. The highest BCUT2D eigenvalue weighted by molar-refractivity contribution is 7.16. The van der Waals surface area contributed by atoms with Crippen LogP contribution in [0.5, 0.6) is 5.88 Å². The fourth-order valence-electron chi connectivity index (χ4n) is 9.24. The van der Waals surface area contributed by atoms with E-state index in [0.717, 1.165) is 110 Å². The van der Waals surface area contributed by atoms with E-state index in [2.05, 4.69) is 34.5 Å². The summed E-state index contributed by atoms with van der Waals surface area (Å²) < 4.78 is 14.9. The average molecular weight is 626 g/mol. The van der Waals surface area contributed by atoms with Crippen molar-refractivity contribution >= 4 is 33.2 Å². The Morgan fingerprint density at radius 1 is 1.09 bits per heavy atom. The van der Waals surface area contributed by atoms with E-state index in [4.69, 9.17) is 35.2 Å². The van der Waals surface area contributed by atoms with Gasteiger partial charge in [0, 0.05) is 23.0 Å². The van der Waals surface area contributed by atoms with Crippen molar-refractivity contribution in [1.82, 2.24) is 29.8 Å². The van der Waals surface area contributed by atoms with Gasteiger partial charge in [-0.25, -0.2) is 14.6 Å². The highest BCUT2D eigenvalue weighted by Crippen LogP contribution is 2.55. The number of rotatable bonds is 3. The smallest absolute Gasteiger partial charge is 0.246 e. The van der Waals surface area contributed by atoms with Crippen molar-refractivity contribution in [3.63, 3.8) is 0 Å². The number of hydrogen-bond donors (Lipinski definition) is 1. The number of piperidine rings is 1. The zero-order chi connectivity index (χ0) is 30.4. The number of aryl methyl sites for hydroxylation is 1. The standard InChI is InChI=1S/C33H39N9O2S/c1-18(22-10-7-14-40(22)2)42-31-24-30(41-15-4-3-8-19(41)17-43-32(24)38-42)36-29(37-31)26-20-9-5-12-33(27(20)44-39-26)13-6-11-23-25(33)21(16-34)28(35)45-23/h18-19,22H,3-15,17,35H2,1-2H3. The zero-order valence-corrected chi connectivity index (χ0v) is 26.8. The third-order valence-electron chi connectivity index (χ3n) is 11.4. The molecule has 0 bridgehead atoms. The summed E-state index contributed by atoms with van der Waals surface area (Å²) in [5.74, 6) is 3.02. The van der Waals surface area contributed by atoms with Crippen molar-refractivity contribution in [2.45, 2.75) is 101 Å². The fourth-order valence-corrected chi connectivity index (χ4v) is 10.4. The minimum atomic E-state index is -0.385. The van der Waals surface area contributed by atoms with Crippen LogP contribution in [0.25, 0.3) is 22.6 Å². The van der Waals surface area contributed by atoms with Crippen LogP contribution in [-0.4, -0.2) is 68.6 Å². The number of nitrogens with two attached hydrogens (primary N) is 1. The first-order valence-corrected chi connectivity index (χ1v) is 17.5. The molecule has 2 aliphatic carbocycles. The van der Waals surface area contributed by atoms with Crippen molar-refractivity contribution in [3.05, 3.63) is 27.3 Å². The van der Waals surface area contributed by atoms with Crippen molar-refractivity contribution in [1.29, 1.82) is 5.26 Å². The van der Waals surface area contributed by atoms with Gasteiger partial charge in [0.05, 0.1) is 23.1 Å². The van der Waals surface area contributed by atoms with Gasteiger partial charge in [0.15, 0.2) is 22.9 Å². The van der Waals surface area contributed by atoms with Gasteiger partial charge in [-0.1, -0.05) is 5.16 Å². The first-order chi connectivity index (χ1) is 22.0. The molecule has 0 radical (unpaired) electrons. The van der Waals surface area contributed by atoms with Gasteiger partial charge in [0.2, 0.25) is 5.88 Å². The summed E-state index contributed by atoms with van der Waals surface area (Å²) >= 11 is 1.57. The van der Waals surface area contributed by atoms with Crippen LogP contribution >= 0.6 is 11.3 Å². The number of ether oxygens (including phenoxy) is 1. The molecule has 9 rings (SSSR count). The molecule has 2 fully saturated rings. The van der Waals surface area contributed by atoms with E-state index < -0.39 is 0 Å². The molecule has 4 atom stereocenters. The Bertz CT molecular complexity index is 1870. The number of likely N-dealkylation sites (tertiary alicyclic amines) is 1. The van der Waals surface area contributed by atoms with Gasteiger partial charge in [-0.3, -0.25) is 0 Å². The molecule has 7 heterocycles. The molecule has 4 aromatic rings. The molecule has 0 aromatic carbocycles. The molecule has 4 aromatic heterocycles. The van der Waals surface area contributed by atoms with E-state index in [0.29, 0.717) is 34.9 Å². The van der Waals surface area contributed by atoms with Crippen molar-refractivity contribution < 1.29 is 9.26 Å². The van der Waals surface area contributed by atoms with Gasteiger partial charge in [-0.05, 0) is 96.7 Å². The van der Waals surface area contributed by atoms with Crippen molar-refractivity contribution in [2.24, 2.45) is 0 Å². The number of aromatic nitrogens is 5. The first-order valence-electron chi connectivity index (χ1n) is 16.7. The largest absolute Gasteiger partial charge is 0.474 e. The Morgan fingerprint density at radius 3 is 2.78 bits per heavy atom. The highest BCUT2D eigenvalue weighted by Gasteiger charge is 2.49. The Labute approximate surface area is 266 Å². The number of nitrogen functional groups attached to an aromatic ring is 1. The molecule has 2 saturated heterocycles. The number of fused-ring (bicyclic) bond motifs is 6. The van der Waals surface area contributed by atoms with E-state index in [-0.39, 0.29) is 17.5 Å². The Balaban J connectivity index is 1.24. The van der Waals surface area contributed by atoms with Crippen LogP contribution in [-0.2, 0) is 18.3 Å². The molecule has 4 unspecified atom stereocenters. The molecule has 5 aliphatic rings.